The number of hydrogen-bond donors (Lipinski definition) is 0. The van der Waals surface area contributed by atoms with E-state index in [1.165, 1.54) is 36.3 Å². The Balaban J connectivity index is 1.78. The highest BCUT2D eigenvalue weighted by Crippen LogP contribution is 2.43. The van der Waals surface area contributed by atoms with E-state index < -0.39 is 0 Å². The molecular weight excluding hydrogens is 330 g/mol. The van der Waals surface area contributed by atoms with Crippen LogP contribution in [0.15, 0.2) is 34.1 Å². The van der Waals surface area contributed by atoms with Crippen molar-refractivity contribution in [2.24, 2.45) is 5.41 Å². The molecule has 3 heteroatoms. The highest BCUT2D eigenvalue weighted by Gasteiger charge is 2.29. The molecule has 0 saturated heterocycles. The van der Waals surface area contributed by atoms with Gasteiger partial charge in [0.1, 0.15) is 0 Å². The Morgan fingerprint density at radius 1 is 1.25 bits per heavy atom. The van der Waals surface area contributed by atoms with E-state index in [0.29, 0.717) is 11.3 Å². The number of aromatic nitrogens is 1. The summed E-state index contributed by atoms with van der Waals surface area (Å²) in [5, 5.41) is 3.53. The van der Waals surface area contributed by atoms with Crippen LogP contribution in [0.25, 0.3) is 11.3 Å². The summed E-state index contributed by atoms with van der Waals surface area (Å²) in [5.41, 5.74) is 2.86. The maximum atomic E-state index is 4.89. The Hall–Kier alpha value is -0.670. The predicted molar refractivity (Wildman–Crippen MR) is 90.2 cm³/mol. The van der Waals surface area contributed by atoms with Gasteiger partial charge in [0.15, 0.2) is 0 Å². The number of benzene rings is 1. The zero-order chi connectivity index (χ0) is 14.2. The number of rotatable bonds is 2. The smallest absolute Gasteiger partial charge is 0.0963 e. The molecule has 2 aromatic rings. The van der Waals surface area contributed by atoms with Gasteiger partial charge in [-0.2, -0.15) is 0 Å². The molecule has 1 saturated carbocycles. The molecule has 0 atom stereocenters. The van der Waals surface area contributed by atoms with Crippen molar-refractivity contribution in [3.8, 4) is 11.3 Å². The summed E-state index contributed by atoms with van der Waals surface area (Å²) in [6.07, 6.45) is 5.23. The Morgan fingerprint density at radius 2 is 2.00 bits per heavy atom. The van der Waals surface area contributed by atoms with Crippen LogP contribution in [0.3, 0.4) is 0 Å². The maximum absolute atomic E-state index is 4.89. The lowest BCUT2D eigenvalue weighted by molar-refractivity contribution is 0.224. The SMILES string of the molecule is CC1(C)CCC(c2nc(-c3cccc(Br)c3)cs2)CC1. The maximum Gasteiger partial charge on any atom is 0.0963 e. The molecule has 0 N–H and O–H groups in total. The van der Waals surface area contributed by atoms with Crippen LogP contribution < -0.4 is 0 Å². The molecule has 0 amide bonds. The fourth-order valence-electron chi connectivity index (χ4n) is 2.90. The average Bonchev–Trinajstić information content (AvgIpc) is 2.88. The van der Waals surface area contributed by atoms with E-state index >= 15 is 0 Å². The monoisotopic (exact) mass is 349 g/mol. The first-order chi connectivity index (χ1) is 9.53. The lowest BCUT2D eigenvalue weighted by Gasteiger charge is -2.33. The van der Waals surface area contributed by atoms with E-state index in [1.807, 2.05) is 11.3 Å². The van der Waals surface area contributed by atoms with E-state index in [0.717, 1.165) is 10.2 Å². The van der Waals surface area contributed by atoms with Crippen LogP contribution in [0.5, 0.6) is 0 Å². The molecule has 1 aromatic carbocycles. The third-order valence-electron chi connectivity index (χ3n) is 4.33. The highest BCUT2D eigenvalue weighted by atomic mass is 79.9. The molecule has 1 aliphatic rings. The normalized spacial score (nSPS) is 19.1. The Kier molecular flexibility index (Phi) is 4.00. The van der Waals surface area contributed by atoms with Gasteiger partial charge in [-0.15, -0.1) is 11.3 Å². The topological polar surface area (TPSA) is 12.9 Å². The van der Waals surface area contributed by atoms with Crippen molar-refractivity contribution in [2.45, 2.75) is 45.4 Å². The van der Waals surface area contributed by atoms with Crippen LogP contribution in [0, 0.1) is 5.41 Å². The largest absolute Gasteiger partial charge is 0.241 e. The van der Waals surface area contributed by atoms with Gasteiger partial charge >= 0.3 is 0 Å². The summed E-state index contributed by atoms with van der Waals surface area (Å²) >= 11 is 5.36. The van der Waals surface area contributed by atoms with Crippen LogP contribution >= 0.6 is 27.3 Å². The summed E-state index contributed by atoms with van der Waals surface area (Å²) < 4.78 is 1.11. The summed E-state index contributed by atoms with van der Waals surface area (Å²) in [5.74, 6) is 0.675. The molecule has 20 heavy (non-hydrogen) atoms. The fraction of sp³-hybridized carbons (Fsp3) is 0.471. The molecule has 1 heterocycles. The van der Waals surface area contributed by atoms with Gasteiger partial charge in [-0.3, -0.25) is 0 Å². The summed E-state index contributed by atoms with van der Waals surface area (Å²) in [6.45, 7) is 4.77. The van der Waals surface area contributed by atoms with Crippen molar-refractivity contribution in [1.82, 2.24) is 4.98 Å². The summed E-state index contributed by atoms with van der Waals surface area (Å²) in [7, 11) is 0. The summed E-state index contributed by atoms with van der Waals surface area (Å²) in [6, 6.07) is 8.40. The van der Waals surface area contributed by atoms with Crippen LogP contribution in [-0.4, -0.2) is 4.98 Å². The van der Waals surface area contributed by atoms with Crippen LogP contribution in [0.4, 0.5) is 0 Å². The quantitative estimate of drug-likeness (QED) is 0.623. The summed E-state index contributed by atoms with van der Waals surface area (Å²) in [4.78, 5) is 4.89. The molecule has 3 rings (SSSR count). The minimum Gasteiger partial charge on any atom is -0.241 e. The van der Waals surface area contributed by atoms with E-state index in [1.54, 1.807) is 0 Å². The van der Waals surface area contributed by atoms with Crippen molar-refractivity contribution in [3.05, 3.63) is 39.1 Å². The molecular formula is C17H20BrNS. The first-order valence-electron chi connectivity index (χ1n) is 7.25. The van der Waals surface area contributed by atoms with Crippen molar-refractivity contribution < 1.29 is 0 Å². The molecule has 1 fully saturated rings. The van der Waals surface area contributed by atoms with Crippen molar-refractivity contribution in [2.75, 3.05) is 0 Å². The second kappa shape index (κ2) is 5.61. The van der Waals surface area contributed by atoms with Gasteiger partial charge in [0.2, 0.25) is 0 Å². The number of hydrogen-bond acceptors (Lipinski definition) is 2. The van der Waals surface area contributed by atoms with Gasteiger partial charge in [0.05, 0.1) is 10.7 Å². The Bertz CT molecular complexity index is 593. The van der Waals surface area contributed by atoms with Crippen molar-refractivity contribution in [3.63, 3.8) is 0 Å². The Labute approximate surface area is 133 Å². The van der Waals surface area contributed by atoms with Crippen LogP contribution in [-0.2, 0) is 0 Å². The highest BCUT2D eigenvalue weighted by molar-refractivity contribution is 9.10. The van der Waals surface area contributed by atoms with E-state index in [4.69, 9.17) is 4.98 Å². The van der Waals surface area contributed by atoms with Crippen LogP contribution in [0.1, 0.15) is 50.5 Å². The number of nitrogens with zero attached hydrogens (tertiary/aromatic N) is 1. The molecule has 0 bridgehead atoms. The molecule has 0 aliphatic heterocycles. The van der Waals surface area contributed by atoms with Gasteiger partial charge in [0.25, 0.3) is 0 Å². The van der Waals surface area contributed by atoms with Gasteiger partial charge < -0.3 is 0 Å². The lowest BCUT2D eigenvalue weighted by Crippen LogP contribution is -2.20. The molecule has 0 unspecified atom stereocenters. The molecule has 1 nitrogen and oxygen atoms in total. The fourth-order valence-corrected chi connectivity index (χ4v) is 4.30. The van der Waals surface area contributed by atoms with Gasteiger partial charge in [0, 0.05) is 21.3 Å². The first-order valence-corrected chi connectivity index (χ1v) is 8.92. The molecule has 1 aliphatic carbocycles. The minimum absolute atomic E-state index is 0.529. The standard InChI is InChI=1S/C17H20BrNS/c1-17(2)8-6-12(7-9-17)16-19-15(11-20-16)13-4-3-5-14(18)10-13/h3-5,10-12H,6-9H2,1-2H3. The molecule has 1 aromatic heterocycles. The Morgan fingerprint density at radius 3 is 2.70 bits per heavy atom. The predicted octanol–water partition coefficient (Wildman–Crippen LogP) is 6.26. The minimum atomic E-state index is 0.529. The van der Waals surface area contributed by atoms with E-state index in [9.17, 15) is 0 Å². The van der Waals surface area contributed by atoms with Crippen molar-refractivity contribution >= 4 is 27.3 Å². The lowest BCUT2D eigenvalue weighted by atomic mass is 9.73. The molecule has 0 radical (unpaired) electrons. The second-order valence-corrected chi connectivity index (χ2v) is 8.33. The van der Waals surface area contributed by atoms with Gasteiger partial charge in [-0.1, -0.05) is 41.9 Å². The zero-order valence-corrected chi connectivity index (χ0v) is 14.4. The molecule has 106 valence electrons. The van der Waals surface area contributed by atoms with E-state index in [2.05, 4.69) is 59.4 Å². The van der Waals surface area contributed by atoms with Gasteiger partial charge in [-0.25, -0.2) is 4.98 Å². The van der Waals surface area contributed by atoms with E-state index in [-0.39, 0.29) is 0 Å². The van der Waals surface area contributed by atoms with Gasteiger partial charge in [-0.05, 0) is 43.2 Å². The third kappa shape index (κ3) is 3.15. The van der Waals surface area contributed by atoms with Crippen LogP contribution in [0.2, 0.25) is 0 Å². The number of halogens is 1. The van der Waals surface area contributed by atoms with Crippen molar-refractivity contribution in [1.29, 1.82) is 0 Å². The first kappa shape index (κ1) is 14.3. The average molecular weight is 350 g/mol. The zero-order valence-electron chi connectivity index (χ0n) is 12.0. The number of thiazole rings is 1. The third-order valence-corrected chi connectivity index (χ3v) is 5.83. The molecule has 0 spiro atoms. The second-order valence-electron chi connectivity index (χ2n) is 6.52.